The van der Waals surface area contributed by atoms with E-state index < -0.39 is 5.97 Å². The molecule has 8 aromatic rings. The van der Waals surface area contributed by atoms with Gasteiger partial charge >= 0.3 is 237 Å². The first-order chi connectivity index (χ1) is 19.1. The van der Waals surface area contributed by atoms with Gasteiger partial charge in [-0.1, -0.05) is 0 Å². The maximum absolute atomic E-state index is 7.75. The van der Waals surface area contributed by atoms with Crippen molar-refractivity contribution in [1.29, 1.82) is 0 Å². The van der Waals surface area contributed by atoms with E-state index in [-0.39, 0.29) is 20.4 Å². The molecule has 0 saturated heterocycles. The molecule has 8 rings (SSSR count). The average Bonchev–Trinajstić information content (AvgIpc) is 3.00. The molecular formula is C36H23Cl2PPd. The quantitative estimate of drug-likeness (QED) is 0.0981. The van der Waals surface area contributed by atoms with Gasteiger partial charge in [-0.25, -0.2) is 0 Å². The van der Waals surface area contributed by atoms with E-state index in [2.05, 4.69) is 133 Å². The monoisotopic (exact) mass is 662 g/mol. The standard InChI is InChI=1S/C36H23Cl2P.Pd/c37-39(38,33-21-9-19-31-27-13-3-1-11-23(27)25-15-5-7-17-29(25)35(31)33)34-22-10-20-32-28-14-4-2-12-24(28)26-16-6-8-18-30(26)36(32)34;/h1-22,39H;. The molecule has 0 aromatic heterocycles. The second-order valence-electron chi connectivity index (χ2n) is 10.2. The summed E-state index contributed by atoms with van der Waals surface area (Å²) in [6, 6.07) is 47.5. The summed E-state index contributed by atoms with van der Waals surface area (Å²) in [4.78, 5) is 0. The molecule has 0 bridgehead atoms. The Kier molecular flexibility index (Phi) is 6.36. The maximum Gasteiger partial charge on any atom is 0 e. The molecule has 0 fully saturated rings. The Morgan fingerprint density at radius 3 is 0.825 bits per heavy atom. The molecule has 0 aliphatic rings. The zero-order valence-electron chi connectivity index (χ0n) is 21.3. The Labute approximate surface area is 256 Å². The summed E-state index contributed by atoms with van der Waals surface area (Å²) in [7, 11) is 0. The fourth-order valence-corrected chi connectivity index (χ4v) is 10.5. The van der Waals surface area contributed by atoms with E-state index in [1.165, 1.54) is 53.9 Å². The van der Waals surface area contributed by atoms with Crippen LogP contribution in [0.1, 0.15) is 0 Å². The summed E-state index contributed by atoms with van der Waals surface area (Å²) in [5, 5.41) is 16.5. The maximum atomic E-state index is 7.75. The van der Waals surface area contributed by atoms with Gasteiger partial charge in [-0.3, -0.25) is 0 Å². The van der Waals surface area contributed by atoms with Gasteiger partial charge in [0.1, 0.15) is 0 Å². The van der Waals surface area contributed by atoms with Crippen molar-refractivity contribution < 1.29 is 20.4 Å². The summed E-state index contributed by atoms with van der Waals surface area (Å²) in [5.74, 6) is -3.25. The second-order valence-corrected chi connectivity index (χ2v) is 16.4. The summed E-state index contributed by atoms with van der Waals surface area (Å²) in [6.07, 6.45) is 0. The van der Waals surface area contributed by atoms with Crippen LogP contribution < -0.4 is 10.6 Å². The molecule has 4 heteroatoms. The van der Waals surface area contributed by atoms with E-state index in [4.69, 9.17) is 22.5 Å². The van der Waals surface area contributed by atoms with Gasteiger partial charge in [0, 0.05) is 20.4 Å². The first-order valence-corrected chi connectivity index (χ1v) is 17.2. The molecule has 0 heterocycles. The molecule has 0 amide bonds. The van der Waals surface area contributed by atoms with Gasteiger partial charge in [0.05, 0.1) is 0 Å². The van der Waals surface area contributed by atoms with Gasteiger partial charge in [0.2, 0.25) is 0 Å². The fourth-order valence-electron chi connectivity index (χ4n) is 6.58. The van der Waals surface area contributed by atoms with Crippen molar-refractivity contribution in [2.45, 2.75) is 0 Å². The normalized spacial score (nSPS) is 12.4. The number of benzene rings is 8. The van der Waals surface area contributed by atoms with Gasteiger partial charge < -0.3 is 0 Å². The predicted molar refractivity (Wildman–Crippen MR) is 177 cm³/mol. The largest absolute Gasteiger partial charge is 0 e. The summed E-state index contributed by atoms with van der Waals surface area (Å²) < 4.78 is 0. The molecule has 0 saturated carbocycles. The van der Waals surface area contributed by atoms with Crippen LogP contribution in [0, 0.1) is 0 Å². The van der Waals surface area contributed by atoms with Gasteiger partial charge in [-0.15, -0.1) is 0 Å². The molecule has 0 radical (unpaired) electrons. The molecule has 8 aromatic carbocycles. The first kappa shape index (κ1) is 25.9. The van der Waals surface area contributed by atoms with Crippen molar-refractivity contribution in [2.24, 2.45) is 0 Å². The minimum absolute atomic E-state index is 0. The van der Waals surface area contributed by atoms with Gasteiger partial charge in [-0.2, -0.15) is 0 Å². The number of rotatable bonds is 2. The number of hydrogen-bond donors (Lipinski definition) is 0. The van der Waals surface area contributed by atoms with Crippen molar-refractivity contribution in [3.8, 4) is 0 Å². The number of halogens is 2. The molecule has 0 N–H and O–H groups in total. The summed E-state index contributed by atoms with van der Waals surface area (Å²) in [5.41, 5.74) is 0. The van der Waals surface area contributed by atoms with Gasteiger partial charge in [0.15, 0.2) is 0 Å². The fraction of sp³-hybridized carbons (Fsp3) is 0. The Morgan fingerprint density at radius 2 is 0.525 bits per heavy atom. The molecule has 0 nitrogen and oxygen atoms in total. The Hall–Kier alpha value is -3.01. The molecule has 0 aliphatic carbocycles. The third-order valence-electron chi connectivity index (χ3n) is 8.21. The van der Waals surface area contributed by atoms with Crippen LogP contribution in [0.4, 0.5) is 0 Å². The van der Waals surface area contributed by atoms with Crippen molar-refractivity contribution >= 4 is 104 Å². The predicted octanol–water partition coefficient (Wildman–Crippen LogP) is 10.6. The smallest absolute Gasteiger partial charge is 0 e. The molecule has 0 spiro atoms. The van der Waals surface area contributed by atoms with Gasteiger partial charge in [0.25, 0.3) is 0 Å². The zero-order chi connectivity index (χ0) is 26.1. The van der Waals surface area contributed by atoms with Crippen LogP contribution in [0.15, 0.2) is 133 Å². The zero-order valence-corrected chi connectivity index (χ0v) is 25.3. The van der Waals surface area contributed by atoms with Crippen LogP contribution in [0.2, 0.25) is 0 Å². The van der Waals surface area contributed by atoms with Gasteiger partial charge in [-0.05, 0) is 0 Å². The minimum Gasteiger partial charge on any atom is 0 e. The van der Waals surface area contributed by atoms with E-state index in [1.807, 2.05) is 0 Å². The Balaban J connectivity index is 0.00000264. The van der Waals surface area contributed by atoms with Crippen LogP contribution >= 0.6 is 28.4 Å². The van der Waals surface area contributed by atoms with E-state index in [9.17, 15) is 0 Å². The average molecular weight is 664 g/mol. The molecule has 0 unspecified atom stereocenters. The first-order valence-electron chi connectivity index (χ1n) is 13.2. The van der Waals surface area contributed by atoms with Crippen LogP contribution in [0.25, 0.3) is 64.6 Å². The number of hydrogen-bond acceptors (Lipinski definition) is 0. The SMILES string of the molecule is Cl[PH](Cl)(c1cccc2c3ccccc3c3ccccc3c12)c1cccc2c3ccccc3c3ccccc3c12.[Pd]. The second kappa shape index (κ2) is 9.82. The Bertz CT molecular complexity index is 2020. The third kappa shape index (κ3) is 3.67. The van der Waals surface area contributed by atoms with E-state index in [0.717, 1.165) is 21.4 Å². The van der Waals surface area contributed by atoms with E-state index >= 15 is 0 Å². The van der Waals surface area contributed by atoms with Crippen molar-refractivity contribution in [3.63, 3.8) is 0 Å². The van der Waals surface area contributed by atoms with Crippen molar-refractivity contribution in [1.82, 2.24) is 0 Å². The number of fused-ring (bicyclic) bond motifs is 12. The third-order valence-corrected chi connectivity index (χ3v) is 12.8. The van der Waals surface area contributed by atoms with Crippen LogP contribution in [-0.2, 0) is 20.4 Å². The Morgan fingerprint density at radius 1 is 0.300 bits per heavy atom. The van der Waals surface area contributed by atoms with Crippen LogP contribution in [0.3, 0.4) is 0 Å². The minimum atomic E-state index is -3.25. The van der Waals surface area contributed by atoms with Crippen LogP contribution in [-0.4, -0.2) is 0 Å². The molecular weight excluding hydrogens is 641 g/mol. The van der Waals surface area contributed by atoms with E-state index in [1.54, 1.807) is 0 Å². The van der Waals surface area contributed by atoms with Crippen molar-refractivity contribution in [3.05, 3.63) is 133 Å². The summed E-state index contributed by atoms with van der Waals surface area (Å²) in [6.45, 7) is 0. The van der Waals surface area contributed by atoms with E-state index in [0.29, 0.717) is 0 Å². The molecule has 40 heavy (non-hydrogen) atoms. The summed E-state index contributed by atoms with van der Waals surface area (Å²) >= 11 is 15.5. The van der Waals surface area contributed by atoms with Crippen LogP contribution in [0.5, 0.6) is 0 Å². The van der Waals surface area contributed by atoms with Crippen molar-refractivity contribution in [2.75, 3.05) is 0 Å². The topological polar surface area (TPSA) is 0 Å². The molecule has 196 valence electrons. The molecule has 0 atom stereocenters. The molecule has 0 aliphatic heterocycles.